The lowest BCUT2D eigenvalue weighted by Gasteiger charge is -2.04. The number of hydrogen-bond acceptors (Lipinski definition) is 2. The zero-order valence-corrected chi connectivity index (χ0v) is 9.12. The first-order chi connectivity index (χ1) is 6.07. The summed E-state index contributed by atoms with van der Waals surface area (Å²) in [5, 5.41) is 8.72. The van der Waals surface area contributed by atoms with Gasteiger partial charge >= 0.3 is 0 Å². The van der Waals surface area contributed by atoms with E-state index in [4.69, 9.17) is 11.0 Å². The molecule has 2 N–H and O–H groups in total. The molecule has 0 radical (unpaired) electrons. The molecule has 0 fully saturated rings. The highest BCUT2D eigenvalue weighted by Gasteiger charge is 2.13. The molecule has 0 aliphatic rings. The number of benzene rings is 1. The van der Waals surface area contributed by atoms with Crippen molar-refractivity contribution in [2.45, 2.75) is 6.92 Å². The van der Waals surface area contributed by atoms with Crippen molar-refractivity contribution >= 4 is 28.5 Å². The molecule has 1 amide bonds. The van der Waals surface area contributed by atoms with Crippen molar-refractivity contribution in [2.24, 2.45) is 5.73 Å². The van der Waals surface area contributed by atoms with Crippen molar-refractivity contribution in [1.29, 1.82) is 5.26 Å². The number of nitrogens with two attached hydrogens (primary N) is 1. The van der Waals surface area contributed by atoms with E-state index in [1.807, 2.05) is 35.6 Å². The lowest BCUT2D eigenvalue weighted by molar-refractivity contribution is 0.0999. The SMILES string of the molecule is Cc1ccc(C#N)c(C(N)=O)c1I. The van der Waals surface area contributed by atoms with E-state index in [0.717, 1.165) is 9.13 Å². The molecule has 1 aromatic rings. The van der Waals surface area contributed by atoms with E-state index in [0.29, 0.717) is 11.1 Å². The summed E-state index contributed by atoms with van der Waals surface area (Å²) in [7, 11) is 0. The maximum absolute atomic E-state index is 11.0. The first-order valence-corrected chi connectivity index (χ1v) is 4.64. The quantitative estimate of drug-likeness (QED) is 0.796. The molecule has 1 aromatic carbocycles. The number of nitrogens with zero attached hydrogens (tertiary/aromatic N) is 1. The molecule has 0 heterocycles. The molecule has 0 bridgehead atoms. The Morgan fingerprint density at radius 2 is 2.23 bits per heavy atom. The predicted octanol–water partition coefficient (Wildman–Crippen LogP) is 1.57. The largest absolute Gasteiger partial charge is 0.366 e. The molecule has 13 heavy (non-hydrogen) atoms. The lowest BCUT2D eigenvalue weighted by Crippen LogP contribution is -2.15. The van der Waals surface area contributed by atoms with Crippen LogP contribution in [-0.4, -0.2) is 5.91 Å². The number of rotatable bonds is 1. The summed E-state index contributed by atoms with van der Waals surface area (Å²) in [4.78, 5) is 11.0. The lowest BCUT2D eigenvalue weighted by atomic mass is 10.1. The number of halogens is 1. The number of amides is 1. The van der Waals surface area contributed by atoms with Gasteiger partial charge in [0, 0.05) is 3.57 Å². The molecule has 0 unspecified atom stereocenters. The Kier molecular flexibility index (Phi) is 2.88. The Hall–Kier alpha value is -1.09. The summed E-state index contributed by atoms with van der Waals surface area (Å²) >= 11 is 2.02. The maximum atomic E-state index is 11.0. The van der Waals surface area contributed by atoms with E-state index < -0.39 is 5.91 Å². The number of carbonyl (C=O) groups is 1. The van der Waals surface area contributed by atoms with Crippen molar-refractivity contribution in [3.05, 3.63) is 32.4 Å². The zero-order chi connectivity index (χ0) is 10.0. The summed E-state index contributed by atoms with van der Waals surface area (Å²) in [6.45, 7) is 1.87. The molecule has 0 aliphatic heterocycles. The minimum absolute atomic E-state index is 0.322. The van der Waals surface area contributed by atoms with Crippen LogP contribution in [0.1, 0.15) is 21.5 Å². The van der Waals surface area contributed by atoms with Gasteiger partial charge in [0.15, 0.2) is 0 Å². The summed E-state index contributed by atoms with van der Waals surface area (Å²) in [5.41, 5.74) is 6.78. The van der Waals surface area contributed by atoms with Gasteiger partial charge in [0.2, 0.25) is 0 Å². The Labute approximate surface area is 89.7 Å². The number of primary amides is 1. The molecule has 66 valence electrons. The topological polar surface area (TPSA) is 66.9 Å². The van der Waals surface area contributed by atoms with Crippen LogP contribution < -0.4 is 5.73 Å². The van der Waals surface area contributed by atoms with Crippen molar-refractivity contribution in [3.8, 4) is 6.07 Å². The maximum Gasteiger partial charge on any atom is 0.251 e. The van der Waals surface area contributed by atoms with Crippen LogP contribution in [0.4, 0.5) is 0 Å². The van der Waals surface area contributed by atoms with Gasteiger partial charge in [0.05, 0.1) is 17.2 Å². The van der Waals surface area contributed by atoms with Crippen molar-refractivity contribution < 1.29 is 4.79 Å². The fourth-order valence-electron chi connectivity index (χ4n) is 1.01. The van der Waals surface area contributed by atoms with E-state index in [1.54, 1.807) is 12.1 Å². The molecule has 0 saturated heterocycles. The monoisotopic (exact) mass is 286 g/mol. The average molecular weight is 286 g/mol. The summed E-state index contributed by atoms with van der Waals surface area (Å²) in [6.07, 6.45) is 0. The van der Waals surface area contributed by atoms with E-state index in [9.17, 15) is 4.79 Å². The number of carbonyl (C=O) groups excluding carboxylic acids is 1. The third-order valence-corrected chi connectivity index (χ3v) is 3.09. The van der Waals surface area contributed by atoms with E-state index in [-0.39, 0.29) is 0 Å². The van der Waals surface area contributed by atoms with Gasteiger partial charge in [-0.1, -0.05) is 6.07 Å². The van der Waals surface area contributed by atoms with Crippen LogP contribution in [0.25, 0.3) is 0 Å². The van der Waals surface area contributed by atoms with Crippen LogP contribution in [0, 0.1) is 21.8 Å². The van der Waals surface area contributed by atoms with Gasteiger partial charge in [-0.05, 0) is 41.1 Å². The van der Waals surface area contributed by atoms with Gasteiger partial charge in [0.25, 0.3) is 5.91 Å². The van der Waals surface area contributed by atoms with Crippen LogP contribution in [0.2, 0.25) is 0 Å². The second-order valence-corrected chi connectivity index (χ2v) is 3.67. The molecular formula is C9H7IN2O. The van der Waals surface area contributed by atoms with Crippen LogP contribution in [0.5, 0.6) is 0 Å². The molecule has 3 nitrogen and oxygen atoms in total. The molecule has 1 rings (SSSR count). The third kappa shape index (κ3) is 1.80. The number of nitriles is 1. The smallest absolute Gasteiger partial charge is 0.251 e. The fraction of sp³-hybridized carbons (Fsp3) is 0.111. The first-order valence-electron chi connectivity index (χ1n) is 3.57. The summed E-state index contributed by atoms with van der Waals surface area (Å²) in [5.74, 6) is -0.551. The highest BCUT2D eigenvalue weighted by atomic mass is 127. The normalized spacial score (nSPS) is 9.31. The van der Waals surface area contributed by atoms with E-state index in [2.05, 4.69) is 0 Å². The summed E-state index contributed by atoms with van der Waals surface area (Å²) < 4.78 is 0.754. The van der Waals surface area contributed by atoms with Gasteiger partial charge in [-0.15, -0.1) is 0 Å². The van der Waals surface area contributed by atoms with Crippen LogP contribution in [-0.2, 0) is 0 Å². The molecule has 0 aliphatic carbocycles. The number of aryl methyl sites for hydroxylation is 1. The highest BCUT2D eigenvalue weighted by Crippen LogP contribution is 2.19. The second kappa shape index (κ2) is 3.75. The Bertz CT molecular complexity index is 407. The van der Waals surface area contributed by atoms with Gasteiger partial charge in [-0.2, -0.15) is 5.26 Å². The van der Waals surface area contributed by atoms with Crippen molar-refractivity contribution in [1.82, 2.24) is 0 Å². The highest BCUT2D eigenvalue weighted by molar-refractivity contribution is 14.1. The molecular weight excluding hydrogens is 279 g/mol. The van der Waals surface area contributed by atoms with Crippen molar-refractivity contribution in [2.75, 3.05) is 0 Å². The third-order valence-electron chi connectivity index (χ3n) is 1.70. The van der Waals surface area contributed by atoms with Gasteiger partial charge in [0.1, 0.15) is 0 Å². The van der Waals surface area contributed by atoms with Gasteiger partial charge in [-0.3, -0.25) is 4.79 Å². The second-order valence-electron chi connectivity index (χ2n) is 2.60. The van der Waals surface area contributed by atoms with Crippen LogP contribution >= 0.6 is 22.6 Å². The molecule has 4 heteroatoms. The van der Waals surface area contributed by atoms with Crippen LogP contribution in [0.3, 0.4) is 0 Å². The van der Waals surface area contributed by atoms with E-state index >= 15 is 0 Å². The fourth-order valence-corrected chi connectivity index (χ4v) is 1.75. The molecule has 0 spiro atoms. The Balaban J connectivity index is 3.53. The standard InChI is InChI=1S/C9H7IN2O/c1-5-2-3-6(4-11)7(8(5)10)9(12)13/h2-3H,1H3,(H2,12,13). The van der Waals surface area contributed by atoms with Crippen molar-refractivity contribution in [3.63, 3.8) is 0 Å². The van der Waals surface area contributed by atoms with E-state index in [1.165, 1.54) is 0 Å². The number of hydrogen-bond donors (Lipinski definition) is 1. The zero-order valence-electron chi connectivity index (χ0n) is 6.97. The minimum atomic E-state index is -0.551. The first kappa shape index (κ1) is 9.99. The van der Waals surface area contributed by atoms with Crippen LogP contribution in [0.15, 0.2) is 12.1 Å². The average Bonchev–Trinajstić information content (AvgIpc) is 2.08. The summed E-state index contributed by atoms with van der Waals surface area (Å²) in [6, 6.07) is 5.35. The minimum Gasteiger partial charge on any atom is -0.366 e. The Morgan fingerprint density at radius 3 is 2.69 bits per heavy atom. The predicted molar refractivity (Wildman–Crippen MR) is 57.1 cm³/mol. The molecule has 0 atom stereocenters. The Morgan fingerprint density at radius 1 is 1.62 bits per heavy atom. The molecule has 0 aromatic heterocycles. The molecule has 0 saturated carbocycles. The van der Waals surface area contributed by atoms with Gasteiger partial charge < -0.3 is 5.73 Å². The van der Waals surface area contributed by atoms with Gasteiger partial charge in [-0.25, -0.2) is 0 Å².